The second kappa shape index (κ2) is 7.07. The predicted octanol–water partition coefficient (Wildman–Crippen LogP) is -0.440. The van der Waals surface area contributed by atoms with Crippen molar-refractivity contribution in [2.24, 2.45) is 0 Å². The fourth-order valence-electron chi connectivity index (χ4n) is 3.79. The molecule has 0 aliphatic carbocycles. The third-order valence-corrected chi connectivity index (χ3v) is 6.82. The Morgan fingerprint density at radius 2 is 1.83 bits per heavy atom. The van der Waals surface area contributed by atoms with Crippen molar-refractivity contribution in [3.8, 4) is 0 Å². The molecule has 4 N–H and O–H groups in total. The van der Waals surface area contributed by atoms with E-state index >= 15 is 0 Å². The van der Waals surface area contributed by atoms with Gasteiger partial charge in [-0.3, -0.25) is 24.1 Å². The highest BCUT2D eigenvalue weighted by molar-refractivity contribution is 8.01. The molecule has 2 aliphatic heterocycles. The van der Waals surface area contributed by atoms with Gasteiger partial charge in [-0.25, -0.2) is 4.79 Å². The lowest BCUT2D eigenvalue weighted by atomic mass is 9.88. The minimum Gasteiger partial charge on any atom is -0.480 e. The summed E-state index contributed by atoms with van der Waals surface area (Å²) in [7, 11) is 0. The summed E-state index contributed by atoms with van der Waals surface area (Å²) in [6, 6.07) is 6.74. The third-order valence-electron chi connectivity index (χ3n) is 5.21. The average molecular weight is 421 g/mol. The number of aliphatic carboxylic acids is 2. The number of carbonyl (C=O) groups excluding carboxylic acids is 3. The van der Waals surface area contributed by atoms with E-state index in [9.17, 15) is 34.2 Å². The second-order valence-corrected chi connectivity index (χ2v) is 8.91. The second-order valence-electron chi connectivity index (χ2n) is 7.17. The molecule has 2 heterocycles. The van der Waals surface area contributed by atoms with Crippen molar-refractivity contribution in [2.75, 3.05) is 0 Å². The van der Waals surface area contributed by atoms with Crippen molar-refractivity contribution in [2.45, 2.75) is 41.6 Å². The Labute approximate surface area is 169 Å². The summed E-state index contributed by atoms with van der Waals surface area (Å²) in [6.45, 7) is 3.13. The number of carboxylic acid groups (broad SMARTS) is 2. The number of hydrogen-bond donors (Lipinski definition) is 4. The Hall–Kier alpha value is -3.08. The summed E-state index contributed by atoms with van der Waals surface area (Å²) in [5.41, 5.74) is -1.73. The van der Waals surface area contributed by atoms with Gasteiger partial charge in [0.05, 0.1) is 4.75 Å². The summed E-state index contributed by atoms with van der Waals surface area (Å²) in [4.78, 5) is 61.1. The largest absolute Gasteiger partial charge is 0.480 e. The van der Waals surface area contributed by atoms with Crippen molar-refractivity contribution in [3.63, 3.8) is 0 Å². The van der Waals surface area contributed by atoms with Gasteiger partial charge in [0.25, 0.3) is 5.91 Å². The maximum atomic E-state index is 12.7. The van der Waals surface area contributed by atoms with Crippen molar-refractivity contribution < 1.29 is 34.2 Å². The standard InChI is InChI=1S/C18H19N3O7S/c1-17(2)18(16(27)28,19-8-22)21-13(24)11(14(21)29-17)20-12(23)10(15(25)26)9-6-4-3-5-7-9/h3-8,10-11,14H,1-2H3,(H,19,22)(H,20,23)(H,25,26)(H,27,28)/t10?,11-,14+,18-/m0/s1. The van der Waals surface area contributed by atoms with Crippen LogP contribution in [0.2, 0.25) is 0 Å². The molecule has 0 aromatic heterocycles. The molecular weight excluding hydrogens is 402 g/mol. The van der Waals surface area contributed by atoms with Gasteiger partial charge in [-0.15, -0.1) is 11.8 Å². The minimum absolute atomic E-state index is 0.216. The Morgan fingerprint density at radius 1 is 1.21 bits per heavy atom. The lowest BCUT2D eigenvalue weighted by Crippen LogP contribution is -2.79. The summed E-state index contributed by atoms with van der Waals surface area (Å²) >= 11 is 1.10. The van der Waals surface area contributed by atoms with Crippen LogP contribution in [0.25, 0.3) is 0 Å². The van der Waals surface area contributed by atoms with Crippen LogP contribution in [0.4, 0.5) is 0 Å². The molecule has 0 bridgehead atoms. The Bertz CT molecular complexity index is 891. The van der Waals surface area contributed by atoms with Crippen LogP contribution < -0.4 is 10.6 Å². The normalized spacial score (nSPS) is 27.9. The van der Waals surface area contributed by atoms with E-state index in [2.05, 4.69) is 10.6 Å². The van der Waals surface area contributed by atoms with Gasteiger partial charge >= 0.3 is 11.9 Å². The van der Waals surface area contributed by atoms with Crippen molar-refractivity contribution >= 4 is 41.9 Å². The first-order valence-electron chi connectivity index (χ1n) is 8.62. The number of amides is 3. The van der Waals surface area contributed by atoms with E-state index in [-0.39, 0.29) is 12.0 Å². The number of fused-ring (bicyclic) bond motifs is 1. The number of nitrogens with zero attached hydrogens (tertiary/aromatic N) is 1. The van der Waals surface area contributed by atoms with Crippen LogP contribution >= 0.6 is 11.8 Å². The first-order valence-corrected chi connectivity index (χ1v) is 9.50. The molecule has 4 atom stereocenters. The highest BCUT2D eigenvalue weighted by atomic mass is 32.2. The molecule has 3 amide bonds. The zero-order valence-electron chi connectivity index (χ0n) is 15.5. The van der Waals surface area contributed by atoms with E-state index < -0.39 is 51.5 Å². The van der Waals surface area contributed by atoms with Gasteiger partial charge in [0.15, 0.2) is 5.92 Å². The van der Waals surface area contributed by atoms with Gasteiger partial charge < -0.3 is 20.8 Å². The molecule has 2 aliphatic rings. The molecule has 0 radical (unpaired) electrons. The smallest absolute Gasteiger partial charge is 0.352 e. The fraction of sp³-hybridized carbons (Fsp3) is 0.389. The summed E-state index contributed by atoms with van der Waals surface area (Å²) in [5, 5.41) is 23.1. The number of carbonyl (C=O) groups is 5. The highest BCUT2D eigenvalue weighted by Crippen LogP contribution is 2.55. The molecular formula is C18H19N3O7S. The van der Waals surface area contributed by atoms with Crippen molar-refractivity contribution in [3.05, 3.63) is 35.9 Å². The quantitative estimate of drug-likeness (QED) is 0.263. The first-order chi connectivity index (χ1) is 13.6. The van der Waals surface area contributed by atoms with Crippen LogP contribution in [0.15, 0.2) is 30.3 Å². The molecule has 154 valence electrons. The number of carboxylic acids is 2. The number of nitrogens with one attached hydrogen (secondary N) is 2. The molecule has 29 heavy (non-hydrogen) atoms. The van der Waals surface area contributed by atoms with E-state index in [0.717, 1.165) is 16.7 Å². The van der Waals surface area contributed by atoms with Crippen LogP contribution in [0.3, 0.4) is 0 Å². The molecule has 0 saturated carbocycles. The Balaban J connectivity index is 1.86. The molecule has 11 heteroatoms. The fourth-order valence-corrected chi connectivity index (χ4v) is 5.50. The lowest BCUT2D eigenvalue weighted by Gasteiger charge is -2.49. The van der Waals surface area contributed by atoms with Crippen LogP contribution in [0, 0.1) is 0 Å². The lowest BCUT2D eigenvalue weighted by molar-refractivity contribution is -0.175. The van der Waals surface area contributed by atoms with Gasteiger partial charge in [-0.05, 0) is 19.4 Å². The van der Waals surface area contributed by atoms with E-state index in [1.807, 2.05) is 0 Å². The molecule has 0 spiro atoms. The molecule has 2 fully saturated rings. The molecule has 1 unspecified atom stereocenters. The number of thioether (sulfide) groups is 1. The third kappa shape index (κ3) is 2.92. The topological polar surface area (TPSA) is 153 Å². The first kappa shape index (κ1) is 20.6. The predicted molar refractivity (Wildman–Crippen MR) is 101 cm³/mol. The van der Waals surface area contributed by atoms with Gasteiger partial charge in [0, 0.05) is 0 Å². The molecule has 1 aromatic carbocycles. The SMILES string of the molecule is CC1(C)S[C@@H]2[C@@H](NC(=O)C(C(=O)O)c3ccccc3)C(=O)N2[C@@]1(NC=O)C(=O)O. The van der Waals surface area contributed by atoms with Crippen LogP contribution in [0.1, 0.15) is 25.3 Å². The van der Waals surface area contributed by atoms with Crippen molar-refractivity contribution in [1.29, 1.82) is 0 Å². The van der Waals surface area contributed by atoms with Crippen LogP contribution in [-0.4, -0.2) is 67.1 Å². The zero-order valence-corrected chi connectivity index (χ0v) is 16.3. The minimum atomic E-state index is -1.98. The number of rotatable bonds is 7. The zero-order chi connectivity index (χ0) is 21.6. The number of β-lactam (4-membered cyclic amide) rings is 1. The summed E-state index contributed by atoms with van der Waals surface area (Å²) in [5.74, 6) is -5.89. The Morgan fingerprint density at radius 3 is 2.34 bits per heavy atom. The highest BCUT2D eigenvalue weighted by Gasteiger charge is 2.73. The Kier molecular flexibility index (Phi) is 5.03. The maximum Gasteiger partial charge on any atom is 0.352 e. The molecule has 10 nitrogen and oxygen atoms in total. The monoisotopic (exact) mass is 421 g/mol. The van der Waals surface area contributed by atoms with Crippen LogP contribution in [0.5, 0.6) is 0 Å². The van der Waals surface area contributed by atoms with E-state index in [4.69, 9.17) is 0 Å². The average Bonchev–Trinajstić information content (AvgIpc) is 2.86. The summed E-state index contributed by atoms with van der Waals surface area (Å²) in [6.07, 6.45) is 0.216. The summed E-state index contributed by atoms with van der Waals surface area (Å²) < 4.78 is -1.11. The number of hydrogen-bond acceptors (Lipinski definition) is 6. The van der Waals surface area contributed by atoms with E-state index in [1.165, 1.54) is 12.1 Å². The van der Waals surface area contributed by atoms with Gasteiger partial charge in [-0.1, -0.05) is 30.3 Å². The van der Waals surface area contributed by atoms with Crippen molar-refractivity contribution in [1.82, 2.24) is 15.5 Å². The van der Waals surface area contributed by atoms with Crippen LogP contribution in [-0.2, 0) is 24.0 Å². The molecule has 1 aromatic rings. The molecule has 3 rings (SSSR count). The molecule has 2 saturated heterocycles. The maximum absolute atomic E-state index is 12.7. The van der Waals surface area contributed by atoms with Gasteiger partial charge in [0.1, 0.15) is 11.4 Å². The van der Waals surface area contributed by atoms with E-state index in [1.54, 1.807) is 32.0 Å². The number of benzene rings is 1. The van der Waals surface area contributed by atoms with E-state index in [0.29, 0.717) is 0 Å². The van der Waals surface area contributed by atoms with Gasteiger partial charge in [0.2, 0.25) is 18.0 Å². The van der Waals surface area contributed by atoms with Gasteiger partial charge in [-0.2, -0.15) is 0 Å².